The van der Waals surface area contributed by atoms with E-state index in [1.807, 2.05) is 39.0 Å². The zero-order chi connectivity index (χ0) is 23.0. The third-order valence-corrected chi connectivity index (χ3v) is 6.77. The Labute approximate surface area is 193 Å². The monoisotopic (exact) mass is 467 g/mol. The van der Waals surface area contributed by atoms with Gasteiger partial charge in [0, 0.05) is 15.6 Å². The molecular formula is C24H22ClN3O3S. The second-order valence-corrected chi connectivity index (χ2v) is 9.19. The summed E-state index contributed by atoms with van der Waals surface area (Å²) >= 11 is 7.45. The molecule has 0 saturated carbocycles. The first kappa shape index (κ1) is 22.0. The third-order valence-electron chi connectivity index (χ3n) is 5.24. The van der Waals surface area contributed by atoms with Gasteiger partial charge in [0.1, 0.15) is 11.4 Å². The molecule has 32 heavy (non-hydrogen) atoms. The zero-order valence-electron chi connectivity index (χ0n) is 17.9. The maximum atomic E-state index is 13.4. The number of carbonyl (C=O) groups excluding carboxylic acids is 1. The minimum atomic E-state index is -0.579. The van der Waals surface area contributed by atoms with Crippen molar-refractivity contribution in [2.24, 2.45) is 0 Å². The van der Waals surface area contributed by atoms with Crippen molar-refractivity contribution in [3.8, 4) is 5.69 Å². The van der Waals surface area contributed by atoms with E-state index in [1.165, 1.54) is 15.9 Å². The number of benzene rings is 2. The van der Waals surface area contributed by atoms with Crippen LogP contribution in [0.5, 0.6) is 0 Å². The van der Waals surface area contributed by atoms with E-state index < -0.39 is 11.2 Å². The second kappa shape index (κ2) is 8.76. The van der Waals surface area contributed by atoms with Crippen LogP contribution >= 0.6 is 22.9 Å². The number of hydrogen-bond acceptors (Lipinski definition) is 4. The van der Waals surface area contributed by atoms with E-state index in [0.29, 0.717) is 26.6 Å². The summed E-state index contributed by atoms with van der Waals surface area (Å²) in [5, 5.41) is 3.70. The van der Waals surface area contributed by atoms with Crippen molar-refractivity contribution in [3.05, 3.63) is 90.4 Å². The van der Waals surface area contributed by atoms with Crippen LogP contribution in [-0.4, -0.2) is 15.0 Å². The van der Waals surface area contributed by atoms with E-state index in [9.17, 15) is 14.4 Å². The fourth-order valence-electron chi connectivity index (χ4n) is 3.64. The van der Waals surface area contributed by atoms with Crippen LogP contribution in [0.25, 0.3) is 15.9 Å². The maximum absolute atomic E-state index is 13.4. The van der Waals surface area contributed by atoms with Crippen LogP contribution in [0.4, 0.5) is 5.69 Å². The van der Waals surface area contributed by atoms with E-state index >= 15 is 0 Å². The lowest BCUT2D eigenvalue weighted by molar-refractivity contribution is -0.116. The Morgan fingerprint density at radius 2 is 1.88 bits per heavy atom. The molecule has 0 fully saturated rings. The average molecular weight is 468 g/mol. The van der Waals surface area contributed by atoms with Crippen molar-refractivity contribution in [3.63, 3.8) is 0 Å². The molecule has 0 aliphatic heterocycles. The van der Waals surface area contributed by atoms with E-state index in [2.05, 4.69) is 5.32 Å². The van der Waals surface area contributed by atoms with Gasteiger partial charge in [-0.25, -0.2) is 9.36 Å². The Morgan fingerprint density at radius 1 is 1.09 bits per heavy atom. The van der Waals surface area contributed by atoms with Gasteiger partial charge >= 0.3 is 5.69 Å². The number of rotatable bonds is 5. The number of fused-ring (bicyclic) bond motifs is 1. The summed E-state index contributed by atoms with van der Waals surface area (Å²) in [6, 6.07) is 14.1. The molecule has 164 valence electrons. The number of hydrogen-bond donors (Lipinski definition) is 1. The molecule has 6 nitrogen and oxygen atoms in total. The number of aryl methyl sites for hydroxylation is 3. The van der Waals surface area contributed by atoms with Crippen LogP contribution < -0.4 is 16.6 Å². The van der Waals surface area contributed by atoms with Gasteiger partial charge < -0.3 is 5.32 Å². The summed E-state index contributed by atoms with van der Waals surface area (Å²) in [5.74, 6) is -0.344. The lowest BCUT2D eigenvalue weighted by Gasteiger charge is -2.13. The maximum Gasteiger partial charge on any atom is 0.337 e. The van der Waals surface area contributed by atoms with E-state index in [-0.39, 0.29) is 12.5 Å². The third kappa shape index (κ3) is 4.13. The molecule has 2 heterocycles. The first-order valence-electron chi connectivity index (χ1n) is 10.2. The number of amides is 1. The number of halogens is 1. The molecule has 0 aliphatic rings. The van der Waals surface area contributed by atoms with E-state index in [0.717, 1.165) is 27.0 Å². The molecule has 0 unspecified atom stereocenters. The Hall–Kier alpha value is -3.16. The van der Waals surface area contributed by atoms with Crippen LogP contribution in [0.15, 0.2) is 58.1 Å². The second-order valence-electron chi connectivity index (χ2n) is 7.64. The number of carbonyl (C=O) groups is 1. The Bertz CT molecular complexity index is 1470. The lowest BCUT2D eigenvalue weighted by Crippen LogP contribution is -2.40. The Kier molecular flexibility index (Phi) is 6.04. The van der Waals surface area contributed by atoms with Crippen molar-refractivity contribution >= 4 is 44.7 Å². The highest BCUT2D eigenvalue weighted by atomic mass is 35.5. The highest BCUT2D eigenvalue weighted by Gasteiger charge is 2.19. The SMILES string of the molecule is CCc1cc2c(=O)n(-c3cccc(Cl)c3)c(=O)n(CC(=O)Nc3ccc(C)cc3C)c2s1. The summed E-state index contributed by atoms with van der Waals surface area (Å²) in [4.78, 5) is 41.0. The zero-order valence-corrected chi connectivity index (χ0v) is 19.5. The quantitative estimate of drug-likeness (QED) is 0.463. The number of anilines is 1. The fourth-order valence-corrected chi connectivity index (χ4v) is 4.91. The fraction of sp³-hybridized carbons (Fsp3) is 0.208. The highest BCUT2D eigenvalue weighted by Crippen LogP contribution is 2.24. The normalized spacial score (nSPS) is 11.1. The van der Waals surface area contributed by atoms with Crippen molar-refractivity contribution < 1.29 is 4.79 Å². The Morgan fingerprint density at radius 3 is 2.56 bits per heavy atom. The molecular weight excluding hydrogens is 446 g/mol. The first-order chi connectivity index (χ1) is 15.3. The lowest BCUT2D eigenvalue weighted by atomic mass is 10.1. The minimum absolute atomic E-state index is 0.215. The van der Waals surface area contributed by atoms with Gasteiger partial charge in [-0.2, -0.15) is 0 Å². The molecule has 0 spiro atoms. The molecule has 1 amide bonds. The standard InChI is InChI=1S/C24H22ClN3O3S/c1-4-18-12-19-22(30)28(17-7-5-6-16(25)11-17)24(31)27(23(19)32-18)13-21(29)26-20-9-8-14(2)10-15(20)3/h5-12H,4,13H2,1-3H3,(H,26,29). The van der Waals surface area contributed by atoms with Gasteiger partial charge in [-0.3, -0.25) is 14.2 Å². The van der Waals surface area contributed by atoms with Gasteiger partial charge in [-0.05, 0) is 56.2 Å². The van der Waals surface area contributed by atoms with Crippen molar-refractivity contribution in [2.75, 3.05) is 5.32 Å². The molecule has 0 bridgehead atoms. The number of aromatic nitrogens is 2. The highest BCUT2D eigenvalue weighted by molar-refractivity contribution is 7.18. The van der Waals surface area contributed by atoms with Gasteiger partial charge in [-0.15, -0.1) is 11.3 Å². The van der Waals surface area contributed by atoms with Crippen LogP contribution in [-0.2, 0) is 17.8 Å². The van der Waals surface area contributed by atoms with Crippen molar-refractivity contribution in [2.45, 2.75) is 33.7 Å². The molecule has 0 atom stereocenters. The van der Waals surface area contributed by atoms with Crippen molar-refractivity contribution in [1.82, 2.24) is 9.13 Å². The predicted molar refractivity (Wildman–Crippen MR) is 131 cm³/mol. The summed E-state index contributed by atoms with van der Waals surface area (Å²) < 4.78 is 2.44. The molecule has 4 aromatic rings. The molecule has 0 radical (unpaired) electrons. The van der Waals surface area contributed by atoms with Gasteiger partial charge in [0.05, 0.1) is 11.1 Å². The molecule has 2 aromatic carbocycles. The van der Waals surface area contributed by atoms with Crippen LogP contribution in [0.2, 0.25) is 5.02 Å². The minimum Gasteiger partial charge on any atom is -0.324 e. The number of thiophene rings is 1. The molecule has 1 N–H and O–H groups in total. The summed E-state index contributed by atoms with van der Waals surface area (Å²) in [5.41, 5.74) is 2.08. The molecule has 8 heteroatoms. The first-order valence-corrected chi connectivity index (χ1v) is 11.4. The van der Waals surface area contributed by atoms with Gasteiger partial charge in [0.15, 0.2) is 0 Å². The average Bonchev–Trinajstić information content (AvgIpc) is 3.18. The number of nitrogens with zero attached hydrogens (tertiary/aromatic N) is 2. The Balaban J connectivity index is 1.84. The number of nitrogens with one attached hydrogen (secondary N) is 1. The van der Waals surface area contributed by atoms with Crippen LogP contribution in [0, 0.1) is 13.8 Å². The smallest absolute Gasteiger partial charge is 0.324 e. The van der Waals surface area contributed by atoms with E-state index in [4.69, 9.17) is 11.6 Å². The van der Waals surface area contributed by atoms with Crippen LogP contribution in [0.1, 0.15) is 22.9 Å². The largest absolute Gasteiger partial charge is 0.337 e. The van der Waals surface area contributed by atoms with Gasteiger partial charge in [0.25, 0.3) is 5.56 Å². The summed E-state index contributed by atoms with van der Waals surface area (Å²) in [6.07, 6.45) is 0.721. The molecule has 0 saturated heterocycles. The molecule has 2 aromatic heterocycles. The molecule has 0 aliphatic carbocycles. The van der Waals surface area contributed by atoms with Crippen LogP contribution in [0.3, 0.4) is 0 Å². The summed E-state index contributed by atoms with van der Waals surface area (Å²) in [6.45, 7) is 5.66. The van der Waals surface area contributed by atoms with Gasteiger partial charge in [0.2, 0.25) is 5.91 Å². The van der Waals surface area contributed by atoms with E-state index in [1.54, 1.807) is 30.3 Å². The summed E-state index contributed by atoms with van der Waals surface area (Å²) in [7, 11) is 0. The topological polar surface area (TPSA) is 73.1 Å². The van der Waals surface area contributed by atoms with Gasteiger partial charge in [-0.1, -0.05) is 42.3 Å². The van der Waals surface area contributed by atoms with Crippen molar-refractivity contribution in [1.29, 1.82) is 0 Å². The molecule has 4 rings (SSSR count). The predicted octanol–water partition coefficient (Wildman–Crippen LogP) is 4.69.